The molecule has 0 saturated carbocycles. The number of carbonyl (C=O) groups excluding carboxylic acids is 1. The van der Waals surface area contributed by atoms with Gasteiger partial charge in [0.2, 0.25) is 0 Å². The molecular weight excluding hydrogens is 166 g/mol. The van der Waals surface area contributed by atoms with Crippen molar-refractivity contribution in [3.8, 4) is 0 Å². The molecule has 1 aliphatic rings. The van der Waals surface area contributed by atoms with Crippen molar-refractivity contribution in [2.75, 3.05) is 5.73 Å². The van der Waals surface area contributed by atoms with E-state index < -0.39 is 0 Å². The van der Waals surface area contributed by atoms with Gasteiger partial charge in [-0.1, -0.05) is 13.8 Å². The molecule has 0 amide bonds. The fourth-order valence-electron chi connectivity index (χ4n) is 1.64. The summed E-state index contributed by atoms with van der Waals surface area (Å²) in [5.41, 5.74) is 6.46. The second-order valence-electron chi connectivity index (χ2n) is 4.13. The first-order valence-corrected chi connectivity index (χ1v) is 4.38. The lowest BCUT2D eigenvalue weighted by Gasteiger charge is -2.28. The smallest absolute Gasteiger partial charge is 0.188 e. The van der Waals surface area contributed by atoms with Crippen LogP contribution in [0.3, 0.4) is 0 Å². The van der Waals surface area contributed by atoms with E-state index >= 15 is 0 Å². The van der Waals surface area contributed by atoms with E-state index in [9.17, 15) is 4.79 Å². The van der Waals surface area contributed by atoms with Crippen LogP contribution >= 0.6 is 0 Å². The van der Waals surface area contributed by atoms with Gasteiger partial charge in [0.1, 0.15) is 5.69 Å². The summed E-state index contributed by atoms with van der Waals surface area (Å²) in [5.74, 6) is 0.105. The first-order chi connectivity index (χ1) is 6.02. The van der Waals surface area contributed by atoms with Gasteiger partial charge in [-0.3, -0.25) is 9.48 Å². The lowest BCUT2D eigenvalue weighted by Crippen LogP contribution is -2.34. The Hall–Kier alpha value is -1.32. The Morgan fingerprint density at radius 2 is 2.31 bits per heavy atom. The van der Waals surface area contributed by atoms with Gasteiger partial charge in [-0.25, -0.2) is 0 Å². The van der Waals surface area contributed by atoms with Gasteiger partial charge < -0.3 is 5.73 Å². The minimum Gasteiger partial charge on any atom is -0.396 e. The summed E-state index contributed by atoms with van der Waals surface area (Å²) in [6, 6.07) is 0. The molecule has 0 unspecified atom stereocenters. The molecule has 1 aromatic rings. The number of nitrogens with zero attached hydrogens (tertiary/aromatic N) is 2. The molecule has 4 nitrogen and oxygen atoms in total. The minimum atomic E-state index is -0.288. The number of hydrogen-bond donors (Lipinski definition) is 1. The summed E-state index contributed by atoms with van der Waals surface area (Å²) in [7, 11) is 0. The van der Waals surface area contributed by atoms with Gasteiger partial charge >= 0.3 is 0 Å². The molecule has 0 aliphatic carbocycles. The van der Waals surface area contributed by atoms with Gasteiger partial charge in [0.15, 0.2) is 5.78 Å². The standard InChI is InChI=1S/C9H13N3O/c1-9(2)3-4-12-7(8(9)13)6(10)5-11-12/h5H,3-4,10H2,1-2H3. The van der Waals surface area contributed by atoms with Gasteiger partial charge in [0, 0.05) is 12.0 Å². The summed E-state index contributed by atoms with van der Waals surface area (Å²) >= 11 is 0. The number of ketones is 1. The number of fused-ring (bicyclic) bond motifs is 1. The number of aryl methyl sites for hydroxylation is 1. The Bertz CT molecular complexity index is 365. The third-order valence-corrected chi connectivity index (χ3v) is 2.65. The molecule has 0 saturated heterocycles. The van der Waals surface area contributed by atoms with Crippen LogP contribution in [0, 0.1) is 5.41 Å². The van der Waals surface area contributed by atoms with E-state index in [0.717, 1.165) is 13.0 Å². The molecule has 13 heavy (non-hydrogen) atoms. The van der Waals surface area contributed by atoms with Crippen molar-refractivity contribution in [1.29, 1.82) is 0 Å². The maximum atomic E-state index is 11.9. The zero-order valence-electron chi connectivity index (χ0n) is 7.87. The number of aromatic nitrogens is 2. The van der Waals surface area contributed by atoms with Crippen LogP contribution in [0.15, 0.2) is 6.20 Å². The Labute approximate surface area is 76.7 Å². The number of hydrogen-bond acceptors (Lipinski definition) is 3. The van der Waals surface area contributed by atoms with E-state index in [1.54, 1.807) is 10.9 Å². The molecular formula is C9H13N3O. The lowest BCUT2D eigenvalue weighted by atomic mass is 9.80. The molecule has 0 bridgehead atoms. The van der Waals surface area contributed by atoms with E-state index in [1.807, 2.05) is 13.8 Å². The minimum absolute atomic E-state index is 0.105. The molecule has 1 aliphatic heterocycles. The molecule has 1 aromatic heterocycles. The van der Waals surface area contributed by atoms with Crippen molar-refractivity contribution >= 4 is 11.5 Å². The van der Waals surface area contributed by atoms with Gasteiger partial charge in [-0.15, -0.1) is 0 Å². The highest BCUT2D eigenvalue weighted by Gasteiger charge is 2.36. The number of carbonyl (C=O) groups is 1. The van der Waals surface area contributed by atoms with E-state index in [0.29, 0.717) is 11.4 Å². The van der Waals surface area contributed by atoms with Crippen molar-refractivity contribution in [3.05, 3.63) is 11.9 Å². The van der Waals surface area contributed by atoms with E-state index in [1.165, 1.54) is 0 Å². The van der Waals surface area contributed by atoms with Crippen molar-refractivity contribution in [1.82, 2.24) is 9.78 Å². The Kier molecular flexibility index (Phi) is 1.49. The number of anilines is 1. The van der Waals surface area contributed by atoms with E-state index in [2.05, 4.69) is 5.10 Å². The SMILES string of the molecule is CC1(C)CCn2ncc(N)c2C1=O. The largest absolute Gasteiger partial charge is 0.396 e. The van der Waals surface area contributed by atoms with Crippen LogP contribution < -0.4 is 5.73 Å². The molecule has 0 atom stereocenters. The van der Waals surface area contributed by atoms with Gasteiger partial charge in [-0.2, -0.15) is 5.10 Å². The molecule has 0 aromatic carbocycles. The van der Waals surface area contributed by atoms with Gasteiger partial charge in [0.25, 0.3) is 0 Å². The molecule has 0 radical (unpaired) electrons. The first kappa shape index (κ1) is 8.29. The normalized spacial score (nSPS) is 20.0. The van der Waals surface area contributed by atoms with Crippen LogP contribution in [0.25, 0.3) is 0 Å². The number of nitrogen functional groups attached to an aromatic ring is 1. The Balaban J connectivity index is 2.55. The summed E-state index contributed by atoms with van der Waals surface area (Å²) in [6.45, 7) is 4.68. The number of rotatable bonds is 0. The van der Waals surface area contributed by atoms with Crippen LogP contribution in [0.1, 0.15) is 30.8 Å². The Morgan fingerprint density at radius 1 is 1.62 bits per heavy atom. The van der Waals surface area contributed by atoms with Crippen LogP contribution in [-0.2, 0) is 6.54 Å². The zero-order chi connectivity index (χ0) is 9.64. The summed E-state index contributed by atoms with van der Waals surface area (Å²) in [4.78, 5) is 11.9. The summed E-state index contributed by atoms with van der Waals surface area (Å²) < 4.78 is 1.70. The monoisotopic (exact) mass is 179 g/mol. The topological polar surface area (TPSA) is 60.9 Å². The molecule has 0 fully saturated rings. The van der Waals surface area contributed by atoms with Crippen LogP contribution in [0.2, 0.25) is 0 Å². The third-order valence-electron chi connectivity index (χ3n) is 2.65. The molecule has 4 heteroatoms. The highest BCUT2D eigenvalue weighted by Crippen LogP contribution is 2.33. The van der Waals surface area contributed by atoms with Crippen molar-refractivity contribution in [3.63, 3.8) is 0 Å². The quantitative estimate of drug-likeness (QED) is 0.648. The second kappa shape index (κ2) is 2.34. The fourth-order valence-corrected chi connectivity index (χ4v) is 1.64. The first-order valence-electron chi connectivity index (χ1n) is 4.38. The maximum Gasteiger partial charge on any atom is 0.188 e. The molecule has 2 rings (SSSR count). The van der Waals surface area contributed by atoms with Gasteiger partial charge in [0.05, 0.1) is 11.9 Å². The predicted molar refractivity (Wildman–Crippen MR) is 49.4 cm³/mol. The fraction of sp³-hybridized carbons (Fsp3) is 0.556. The van der Waals surface area contributed by atoms with Crippen molar-refractivity contribution < 1.29 is 4.79 Å². The summed E-state index contributed by atoms with van der Waals surface area (Å²) in [5, 5.41) is 4.04. The zero-order valence-corrected chi connectivity index (χ0v) is 7.87. The third kappa shape index (κ3) is 1.05. The lowest BCUT2D eigenvalue weighted by molar-refractivity contribution is 0.0773. The molecule has 0 spiro atoms. The molecule has 70 valence electrons. The van der Waals surface area contributed by atoms with Crippen LogP contribution in [-0.4, -0.2) is 15.6 Å². The average Bonchev–Trinajstić information content (AvgIpc) is 2.41. The number of Topliss-reactive ketones (excluding diaryl/α,β-unsaturated/α-hetero) is 1. The molecule has 2 N–H and O–H groups in total. The maximum absolute atomic E-state index is 11.9. The average molecular weight is 179 g/mol. The van der Waals surface area contributed by atoms with Gasteiger partial charge in [-0.05, 0) is 6.42 Å². The van der Waals surface area contributed by atoms with E-state index in [-0.39, 0.29) is 11.2 Å². The van der Waals surface area contributed by atoms with Crippen LogP contribution in [0.5, 0.6) is 0 Å². The predicted octanol–water partition coefficient (Wildman–Crippen LogP) is 1.08. The molecule has 2 heterocycles. The summed E-state index contributed by atoms with van der Waals surface area (Å²) in [6.07, 6.45) is 2.38. The second-order valence-corrected chi connectivity index (χ2v) is 4.13. The Morgan fingerprint density at radius 3 is 3.00 bits per heavy atom. The van der Waals surface area contributed by atoms with E-state index in [4.69, 9.17) is 5.73 Å². The highest BCUT2D eigenvalue weighted by atomic mass is 16.1. The van der Waals surface area contributed by atoms with Crippen molar-refractivity contribution in [2.45, 2.75) is 26.8 Å². The number of nitrogens with two attached hydrogens (primary N) is 1. The van der Waals surface area contributed by atoms with Crippen molar-refractivity contribution in [2.24, 2.45) is 5.41 Å². The highest BCUT2D eigenvalue weighted by molar-refractivity contribution is 6.03. The van der Waals surface area contributed by atoms with Crippen LogP contribution in [0.4, 0.5) is 5.69 Å².